The molecule has 1 aliphatic rings. The molecule has 1 amide bonds. The fourth-order valence-corrected chi connectivity index (χ4v) is 2.89. The number of carboxylic acids is 1. The molecule has 0 radical (unpaired) electrons. The molecule has 0 bridgehead atoms. The predicted octanol–water partition coefficient (Wildman–Crippen LogP) is 3.86. The lowest BCUT2D eigenvalue weighted by Gasteiger charge is -2.36. The monoisotopic (exact) mass is 349 g/mol. The van der Waals surface area contributed by atoms with E-state index in [1.165, 1.54) is 0 Å². The van der Waals surface area contributed by atoms with Crippen molar-refractivity contribution in [3.05, 3.63) is 29.3 Å². The maximum absolute atomic E-state index is 12.4. The van der Waals surface area contributed by atoms with Gasteiger partial charge in [0.1, 0.15) is 18.0 Å². The SMILES string of the molecule is Cc1cc(OC[C@H]2CCCCN2C(=O)OC(C)(C)C)ccc1C(=O)O. The fraction of sp³-hybridized carbons (Fsp3) is 0.579. The molecule has 1 aliphatic heterocycles. The van der Waals surface area contributed by atoms with E-state index in [1.807, 2.05) is 20.8 Å². The summed E-state index contributed by atoms with van der Waals surface area (Å²) in [4.78, 5) is 25.2. The molecule has 0 spiro atoms. The van der Waals surface area contributed by atoms with Crippen LogP contribution < -0.4 is 4.74 Å². The smallest absolute Gasteiger partial charge is 0.410 e. The number of ether oxygens (including phenoxy) is 2. The van der Waals surface area contributed by atoms with Crippen molar-refractivity contribution < 1.29 is 24.2 Å². The van der Waals surface area contributed by atoms with Gasteiger partial charge in [0, 0.05) is 6.54 Å². The predicted molar refractivity (Wildman–Crippen MR) is 94.2 cm³/mol. The number of carbonyl (C=O) groups is 2. The number of rotatable bonds is 4. The molecule has 1 heterocycles. The summed E-state index contributed by atoms with van der Waals surface area (Å²) in [5.74, 6) is -0.343. The van der Waals surface area contributed by atoms with Gasteiger partial charge in [-0.3, -0.25) is 0 Å². The van der Waals surface area contributed by atoms with E-state index in [1.54, 1.807) is 30.0 Å². The molecule has 25 heavy (non-hydrogen) atoms. The second-order valence-corrected chi connectivity index (χ2v) is 7.42. The average Bonchev–Trinajstić information content (AvgIpc) is 2.51. The minimum absolute atomic E-state index is 0.0388. The number of piperidine rings is 1. The number of amides is 1. The van der Waals surface area contributed by atoms with Gasteiger partial charge in [-0.25, -0.2) is 9.59 Å². The third kappa shape index (κ3) is 5.37. The maximum atomic E-state index is 12.4. The van der Waals surface area contributed by atoms with Gasteiger partial charge in [-0.15, -0.1) is 0 Å². The summed E-state index contributed by atoms with van der Waals surface area (Å²) in [7, 11) is 0. The van der Waals surface area contributed by atoms with Gasteiger partial charge < -0.3 is 19.5 Å². The first kappa shape index (κ1) is 19.1. The Labute approximate surface area is 148 Å². The van der Waals surface area contributed by atoms with E-state index in [9.17, 15) is 9.59 Å². The van der Waals surface area contributed by atoms with Gasteiger partial charge in [-0.2, -0.15) is 0 Å². The van der Waals surface area contributed by atoms with Crippen LogP contribution in [0.1, 0.15) is 56.0 Å². The Morgan fingerprint density at radius 3 is 2.60 bits per heavy atom. The van der Waals surface area contributed by atoms with Crippen LogP contribution in [-0.2, 0) is 4.74 Å². The van der Waals surface area contributed by atoms with Crippen LogP contribution in [0.25, 0.3) is 0 Å². The summed E-state index contributed by atoms with van der Waals surface area (Å²) in [6, 6.07) is 4.86. The highest BCUT2D eigenvalue weighted by Crippen LogP contribution is 2.23. The molecule has 0 aromatic heterocycles. The van der Waals surface area contributed by atoms with Crippen LogP contribution >= 0.6 is 0 Å². The highest BCUT2D eigenvalue weighted by Gasteiger charge is 2.30. The normalized spacial score (nSPS) is 17.9. The molecule has 2 rings (SSSR count). The van der Waals surface area contributed by atoms with Gasteiger partial charge in [-0.1, -0.05) is 0 Å². The van der Waals surface area contributed by atoms with Crippen LogP contribution in [0, 0.1) is 6.92 Å². The first-order valence-electron chi connectivity index (χ1n) is 8.64. The number of aromatic carboxylic acids is 1. The summed E-state index contributed by atoms with van der Waals surface area (Å²) < 4.78 is 11.3. The van der Waals surface area contributed by atoms with Crippen LogP contribution in [-0.4, -0.2) is 46.9 Å². The second kappa shape index (κ2) is 7.76. The van der Waals surface area contributed by atoms with Crippen molar-refractivity contribution in [2.45, 2.75) is 58.6 Å². The molecule has 1 N–H and O–H groups in total. The molecule has 0 unspecified atom stereocenters. The van der Waals surface area contributed by atoms with Crippen molar-refractivity contribution in [2.75, 3.05) is 13.2 Å². The zero-order chi connectivity index (χ0) is 18.6. The minimum Gasteiger partial charge on any atom is -0.491 e. The number of likely N-dealkylation sites (tertiary alicyclic amines) is 1. The van der Waals surface area contributed by atoms with Crippen LogP contribution in [0.3, 0.4) is 0 Å². The van der Waals surface area contributed by atoms with Crippen molar-refractivity contribution in [3.63, 3.8) is 0 Å². The van der Waals surface area contributed by atoms with Gasteiger partial charge in [0.05, 0.1) is 11.6 Å². The van der Waals surface area contributed by atoms with E-state index >= 15 is 0 Å². The number of aryl methyl sites for hydroxylation is 1. The molecule has 1 aromatic carbocycles. The van der Waals surface area contributed by atoms with Crippen molar-refractivity contribution in [1.82, 2.24) is 4.90 Å². The molecular formula is C19H27NO5. The molecule has 6 nitrogen and oxygen atoms in total. The van der Waals surface area contributed by atoms with E-state index in [-0.39, 0.29) is 17.7 Å². The Balaban J connectivity index is 2.01. The number of nitrogens with zero attached hydrogens (tertiary/aromatic N) is 1. The third-order valence-corrected chi connectivity index (χ3v) is 4.13. The summed E-state index contributed by atoms with van der Waals surface area (Å²) >= 11 is 0. The fourth-order valence-electron chi connectivity index (χ4n) is 2.89. The zero-order valence-electron chi connectivity index (χ0n) is 15.4. The Bertz CT molecular complexity index is 635. The Morgan fingerprint density at radius 2 is 2.00 bits per heavy atom. The van der Waals surface area contributed by atoms with Crippen LogP contribution in [0.4, 0.5) is 4.79 Å². The molecule has 0 saturated carbocycles. The molecule has 1 saturated heterocycles. The first-order valence-corrected chi connectivity index (χ1v) is 8.64. The second-order valence-electron chi connectivity index (χ2n) is 7.42. The number of hydrogen-bond acceptors (Lipinski definition) is 4. The van der Waals surface area contributed by atoms with Gasteiger partial charge in [0.2, 0.25) is 0 Å². The zero-order valence-corrected chi connectivity index (χ0v) is 15.4. The van der Waals surface area contributed by atoms with E-state index < -0.39 is 11.6 Å². The van der Waals surface area contributed by atoms with Crippen LogP contribution in [0.15, 0.2) is 18.2 Å². The summed E-state index contributed by atoms with van der Waals surface area (Å²) in [5.41, 5.74) is 0.391. The summed E-state index contributed by atoms with van der Waals surface area (Å²) in [6.07, 6.45) is 2.57. The molecule has 6 heteroatoms. The van der Waals surface area contributed by atoms with Crippen molar-refractivity contribution >= 4 is 12.1 Å². The Morgan fingerprint density at radius 1 is 1.28 bits per heavy atom. The lowest BCUT2D eigenvalue weighted by molar-refractivity contribution is 0.00358. The average molecular weight is 349 g/mol. The van der Waals surface area contributed by atoms with Gasteiger partial charge >= 0.3 is 12.1 Å². The molecular weight excluding hydrogens is 322 g/mol. The number of benzene rings is 1. The number of hydrogen-bond donors (Lipinski definition) is 1. The van der Waals surface area contributed by atoms with Crippen molar-refractivity contribution in [1.29, 1.82) is 0 Å². The summed E-state index contributed by atoms with van der Waals surface area (Å²) in [5, 5.41) is 9.08. The van der Waals surface area contributed by atoms with Gasteiger partial charge in [0.25, 0.3) is 0 Å². The van der Waals surface area contributed by atoms with Gasteiger partial charge in [0.15, 0.2) is 0 Å². The molecule has 1 atom stereocenters. The largest absolute Gasteiger partial charge is 0.491 e. The van der Waals surface area contributed by atoms with E-state index in [2.05, 4.69) is 0 Å². The maximum Gasteiger partial charge on any atom is 0.410 e. The number of carboxylic acid groups (broad SMARTS) is 1. The summed E-state index contributed by atoms with van der Waals surface area (Å²) in [6.45, 7) is 8.34. The minimum atomic E-state index is -0.951. The van der Waals surface area contributed by atoms with E-state index in [0.717, 1.165) is 19.3 Å². The Kier molecular flexibility index (Phi) is 5.93. The van der Waals surface area contributed by atoms with Crippen LogP contribution in [0.2, 0.25) is 0 Å². The van der Waals surface area contributed by atoms with Crippen molar-refractivity contribution in [3.8, 4) is 5.75 Å². The van der Waals surface area contributed by atoms with Crippen LogP contribution in [0.5, 0.6) is 5.75 Å². The molecule has 138 valence electrons. The van der Waals surface area contributed by atoms with Crippen molar-refractivity contribution in [2.24, 2.45) is 0 Å². The van der Waals surface area contributed by atoms with Gasteiger partial charge in [-0.05, 0) is 70.7 Å². The Hall–Kier alpha value is -2.24. The highest BCUT2D eigenvalue weighted by molar-refractivity contribution is 5.89. The lowest BCUT2D eigenvalue weighted by atomic mass is 10.0. The molecule has 0 aliphatic carbocycles. The van der Waals surface area contributed by atoms with E-state index in [0.29, 0.717) is 24.5 Å². The quantitative estimate of drug-likeness (QED) is 0.893. The topological polar surface area (TPSA) is 76.1 Å². The lowest BCUT2D eigenvalue weighted by Crippen LogP contribution is -2.48. The molecule has 1 fully saturated rings. The first-order chi connectivity index (χ1) is 11.7. The van der Waals surface area contributed by atoms with E-state index in [4.69, 9.17) is 14.6 Å². The third-order valence-electron chi connectivity index (χ3n) is 4.13. The number of carbonyl (C=O) groups excluding carboxylic acids is 1. The standard InChI is InChI=1S/C19H27NO5/c1-13-11-15(8-9-16(13)17(21)22)24-12-14-7-5-6-10-20(14)18(23)25-19(2,3)4/h8-9,11,14H,5-7,10,12H2,1-4H3,(H,21,22)/t14-/m1/s1. The highest BCUT2D eigenvalue weighted by atomic mass is 16.6. The molecule has 1 aromatic rings.